The topological polar surface area (TPSA) is 99.7 Å². The molecule has 5 rings (SSSR count). The lowest BCUT2D eigenvalue weighted by atomic mass is 10.0. The maximum absolute atomic E-state index is 12.9. The van der Waals surface area contributed by atoms with Crippen LogP contribution in [-0.2, 0) is 0 Å². The molecule has 2 amide bonds. The van der Waals surface area contributed by atoms with Crippen LogP contribution in [0.4, 0.5) is 5.69 Å². The summed E-state index contributed by atoms with van der Waals surface area (Å²) in [7, 11) is 0. The highest BCUT2D eigenvalue weighted by molar-refractivity contribution is 7.12. The van der Waals surface area contributed by atoms with Crippen molar-refractivity contribution in [3.05, 3.63) is 75.7 Å². The molecule has 0 unspecified atom stereocenters. The highest BCUT2D eigenvalue weighted by atomic mass is 32.1. The number of carbonyl (C=O) groups excluding carboxylic acids is 2. The number of carbonyl (C=O) groups is 2. The van der Waals surface area contributed by atoms with Crippen molar-refractivity contribution in [2.45, 2.75) is 13.8 Å². The van der Waals surface area contributed by atoms with E-state index in [1.54, 1.807) is 52.1 Å². The quantitative estimate of drug-likeness (QED) is 0.457. The van der Waals surface area contributed by atoms with Crippen molar-refractivity contribution >= 4 is 34.4 Å². The third-order valence-corrected chi connectivity index (χ3v) is 6.90. The zero-order chi connectivity index (χ0) is 23.8. The molecule has 0 bridgehead atoms. The van der Waals surface area contributed by atoms with E-state index in [1.807, 2.05) is 25.3 Å². The Hall–Kier alpha value is -4.16. The van der Waals surface area contributed by atoms with Gasteiger partial charge in [-0.2, -0.15) is 10.4 Å². The summed E-state index contributed by atoms with van der Waals surface area (Å²) in [5.74, 6) is 0.811. The highest BCUT2D eigenvalue weighted by Gasteiger charge is 2.33. The summed E-state index contributed by atoms with van der Waals surface area (Å²) in [6.07, 6.45) is 3.31. The molecular weight excluding hydrogens is 450 g/mol. The van der Waals surface area contributed by atoms with Crippen LogP contribution in [-0.4, -0.2) is 39.4 Å². The monoisotopic (exact) mass is 471 g/mol. The number of rotatable bonds is 5. The predicted octanol–water partition coefficient (Wildman–Crippen LogP) is 4.65. The molecule has 0 spiro atoms. The maximum atomic E-state index is 12.9. The summed E-state index contributed by atoms with van der Waals surface area (Å²) >= 11 is 1.41. The zero-order valence-electron chi connectivity index (χ0n) is 18.6. The van der Waals surface area contributed by atoms with Crippen LogP contribution in [0.2, 0.25) is 0 Å². The van der Waals surface area contributed by atoms with E-state index in [4.69, 9.17) is 10.00 Å². The number of ether oxygens (including phenoxy) is 1. The second-order valence-electron chi connectivity index (χ2n) is 8.21. The maximum Gasteiger partial charge on any atom is 0.265 e. The number of benzene rings is 1. The van der Waals surface area contributed by atoms with E-state index in [1.165, 1.54) is 11.3 Å². The van der Waals surface area contributed by atoms with E-state index in [0.29, 0.717) is 46.2 Å². The van der Waals surface area contributed by atoms with Gasteiger partial charge in [0.05, 0.1) is 28.6 Å². The lowest BCUT2D eigenvalue weighted by molar-refractivity contribution is 0.0576. The van der Waals surface area contributed by atoms with Crippen molar-refractivity contribution in [1.29, 1.82) is 5.26 Å². The predicted molar refractivity (Wildman–Crippen MR) is 128 cm³/mol. The molecule has 170 valence electrons. The first-order valence-electron chi connectivity index (χ1n) is 10.7. The molecule has 0 saturated carbocycles. The third kappa shape index (κ3) is 3.89. The summed E-state index contributed by atoms with van der Waals surface area (Å²) in [5.41, 5.74) is 3.63. The molecular formula is C25H21N5O3S. The normalized spacial score (nSPS) is 13.4. The van der Waals surface area contributed by atoms with Gasteiger partial charge in [0.15, 0.2) is 5.75 Å². The van der Waals surface area contributed by atoms with Gasteiger partial charge in [-0.05, 0) is 60.7 Å². The third-order valence-electron chi connectivity index (χ3n) is 5.88. The van der Waals surface area contributed by atoms with Crippen LogP contribution >= 0.6 is 11.3 Å². The molecule has 0 aliphatic carbocycles. The number of nitriles is 1. The standard InChI is InChI=1S/C25H21N5O3S/c1-15-8-10-34-23(15)24(31)28-18-3-5-19(6-4-18)33-21-7-9-27-30-14-20(16(2)22(21)30)25(32)29-12-17(11-26)13-29/h3-10,14,17H,12-13H2,1-2H3,(H,28,31). The van der Waals surface area contributed by atoms with Crippen LogP contribution in [0.3, 0.4) is 0 Å². The van der Waals surface area contributed by atoms with Crippen molar-refractivity contribution in [1.82, 2.24) is 14.5 Å². The Bertz CT molecular complexity index is 1440. The zero-order valence-corrected chi connectivity index (χ0v) is 19.4. The number of amides is 2. The van der Waals surface area contributed by atoms with Crippen LogP contribution < -0.4 is 10.1 Å². The molecule has 8 nitrogen and oxygen atoms in total. The van der Waals surface area contributed by atoms with Gasteiger partial charge in [-0.3, -0.25) is 9.59 Å². The molecule has 1 aliphatic rings. The Morgan fingerprint density at radius 1 is 1.18 bits per heavy atom. The molecule has 0 radical (unpaired) electrons. The van der Waals surface area contributed by atoms with E-state index < -0.39 is 0 Å². The number of hydrogen-bond donors (Lipinski definition) is 1. The summed E-state index contributed by atoms with van der Waals surface area (Å²) in [6.45, 7) is 4.68. The van der Waals surface area contributed by atoms with E-state index in [9.17, 15) is 9.59 Å². The van der Waals surface area contributed by atoms with Gasteiger partial charge in [0.1, 0.15) is 11.3 Å². The first-order chi connectivity index (χ1) is 16.4. The van der Waals surface area contributed by atoms with Gasteiger partial charge in [0.2, 0.25) is 0 Å². The first kappa shape index (κ1) is 21.7. The molecule has 4 aromatic rings. The first-order valence-corrected chi connectivity index (χ1v) is 11.6. The number of aromatic nitrogens is 2. The second kappa shape index (κ2) is 8.65. The van der Waals surface area contributed by atoms with E-state index in [2.05, 4.69) is 16.5 Å². The summed E-state index contributed by atoms with van der Waals surface area (Å²) in [6, 6.07) is 13.0. The minimum absolute atomic E-state index is 0.0969. The van der Waals surface area contributed by atoms with Gasteiger partial charge in [0, 0.05) is 31.0 Å². The molecule has 1 fully saturated rings. The molecule has 9 heteroatoms. The fraction of sp³-hybridized carbons (Fsp3) is 0.200. The van der Waals surface area contributed by atoms with E-state index in [0.717, 1.165) is 11.1 Å². The van der Waals surface area contributed by atoms with Gasteiger partial charge >= 0.3 is 0 Å². The number of thiophene rings is 1. The van der Waals surface area contributed by atoms with E-state index in [-0.39, 0.29) is 17.7 Å². The number of nitrogens with zero attached hydrogens (tertiary/aromatic N) is 4. The summed E-state index contributed by atoms with van der Waals surface area (Å²) in [4.78, 5) is 27.7. The largest absolute Gasteiger partial charge is 0.455 e. The Morgan fingerprint density at radius 2 is 1.94 bits per heavy atom. The summed E-state index contributed by atoms with van der Waals surface area (Å²) in [5, 5.41) is 18.1. The van der Waals surface area contributed by atoms with Crippen molar-refractivity contribution in [2.75, 3.05) is 18.4 Å². The van der Waals surface area contributed by atoms with Crippen molar-refractivity contribution < 1.29 is 14.3 Å². The number of hydrogen-bond acceptors (Lipinski definition) is 6. The smallest absolute Gasteiger partial charge is 0.265 e. The number of likely N-dealkylation sites (tertiary alicyclic amines) is 1. The molecule has 34 heavy (non-hydrogen) atoms. The lowest BCUT2D eigenvalue weighted by Crippen LogP contribution is -2.49. The molecule has 1 N–H and O–H groups in total. The van der Waals surface area contributed by atoms with Gasteiger partial charge in [-0.25, -0.2) is 4.52 Å². The van der Waals surface area contributed by atoms with Gasteiger partial charge < -0.3 is 15.0 Å². The van der Waals surface area contributed by atoms with Crippen molar-refractivity contribution in [3.8, 4) is 17.6 Å². The minimum Gasteiger partial charge on any atom is -0.455 e. The van der Waals surface area contributed by atoms with Crippen LogP contribution in [0.5, 0.6) is 11.5 Å². The summed E-state index contributed by atoms with van der Waals surface area (Å²) < 4.78 is 7.75. The number of nitrogens with one attached hydrogen (secondary N) is 1. The van der Waals surface area contributed by atoms with Crippen molar-refractivity contribution in [2.24, 2.45) is 5.92 Å². The van der Waals surface area contributed by atoms with Crippen LogP contribution in [0.1, 0.15) is 31.2 Å². The number of fused-ring (bicyclic) bond motifs is 1. The molecule has 1 aliphatic heterocycles. The second-order valence-corrected chi connectivity index (χ2v) is 9.12. The van der Waals surface area contributed by atoms with E-state index >= 15 is 0 Å². The lowest BCUT2D eigenvalue weighted by Gasteiger charge is -2.35. The average Bonchev–Trinajstić information content (AvgIpc) is 3.38. The molecule has 3 aromatic heterocycles. The van der Waals surface area contributed by atoms with Gasteiger partial charge in [0.25, 0.3) is 11.8 Å². The van der Waals surface area contributed by atoms with Crippen LogP contribution in [0.25, 0.3) is 5.52 Å². The number of aryl methyl sites for hydroxylation is 2. The van der Waals surface area contributed by atoms with Crippen LogP contribution in [0.15, 0.2) is 54.2 Å². The SMILES string of the molecule is Cc1ccsc1C(=O)Nc1ccc(Oc2ccnn3cc(C(=O)N4CC(C#N)C4)c(C)c23)cc1. The van der Waals surface area contributed by atoms with Gasteiger partial charge in [-0.15, -0.1) is 11.3 Å². The number of anilines is 1. The highest BCUT2D eigenvalue weighted by Crippen LogP contribution is 2.32. The Balaban J connectivity index is 1.34. The fourth-order valence-corrected chi connectivity index (χ4v) is 4.76. The average molecular weight is 472 g/mol. The molecule has 0 atom stereocenters. The molecule has 4 heterocycles. The Labute approximate surface area is 200 Å². The fourth-order valence-electron chi connectivity index (χ4n) is 3.94. The molecule has 1 saturated heterocycles. The van der Waals surface area contributed by atoms with Crippen LogP contribution in [0, 0.1) is 31.1 Å². The molecule has 1 aromatic carbocycles. The Morgan fingerprint density at radius 3 is 2.62 bits per heavy atom. The minimum atomic E-state index is -0.138. The Kier molecular flexibility index (Phi) is 5.51. The van der Waals surface area contributed by atoms with Gasteiger partial charge in [-0.1, -0.05) is 0 Å². The van der Waals surface area contributed by atoms with Crippen molar-refractivity contribution in [3.63, 3.8) is 0 Å².